The molecular formula is C15H21N3O2. The van der Waals surface area contributed by atoms with E-state index in [0.29, 0.717) is 0 Å². The van der Waals surface area contributed by atoms with E-state index in [4.69, 9.17) is 4.74 Å². The van der Waals surface area contributed by atoms with Gasteiger partial charge >= 0.3 is 0 Å². The van der Waals surface area contributed by atoms with Crippen molar-refractivity contribution >= 4 is 5.91 Å². The smallest absolute Gasteiger partial charge is 0.286 e. The van der Waals surface area contributed by atoms with Crippen molar-refractivity contribution in [1.29, 1.82) is 0 Å². The Labute approximate surface area is 119 Å². The minimum absolute atomic E-state index is 0.143. The number of carbonyl (C=O) groups excluding carboxylic acids is 1. The van der Waals surface area contributed by atoms with Gasteiger partial charge in [0.1, 0.15) is 0 Å². The normalized spacial score (nSPS) is 17.2. The Kier molecular flexibility index (Phi) is 4.74. The third-order valence-corrected chi connectivity index (χ3v) is 3.68. The zero-order valence-corrected chi connectivity index (χ0v) is 11.8. The Morgan fingerprint density at radius 1 is 1.50 bits per heavy atom. The van der Waals surface area contributed by atoms with Gasteiger partial charge in [0.2, 0.25) is 0 Å². The number of pyridine rings is 1. The fourth-order valence-corrected chi connectivity index (χ4v) is 2.50. The summed E-state index contributed by atoms with van der Waals surface area (Å²) in [6, 6.07) is 5.85. The number of carbonyl (C=O) groups is 1. The molecule has 1 aromatic heterocycles. The number of hydrogen-bond donors (Lipinski definition) is 2. The highest BCUT2D eigenvalue weighted by Crippen LogP contribution is 2.23. The first-order chi connectivity index (χ1) is 9.65. The maximum atomic E-state index is 12.1. The topological polar surface area (TPSA) is 63.2 Å². The molecule has 1 aliphatic rings. The van der Waals surface area contributed by atoms with E-state index in [2.05, 4.69) is 22.2 Å². The molecule has 0 spiro atoms. The maximum absolute atomic E-state index is 12.1. The standard InChI is InChI=1S/C15H21N3O2/c1-12(20-2)14(19)18-15(6-9-16-10-7-15)11-13-5-3-4-8-17-13/h3-5,8,16H,1,6-7,9-11H2,2H3,(H,18,19). The lowest BCUT2D eigenvalue weighted by Crippen LogP contribution is -2.56. The second-order valence-electron chi connectivity index (χ2n) is 5.11. The molecule has 0 aliphatic carbocycles. The second-order valence-corrected chi connectivity index (χ2v) is 5.11. The van der Waals surface area contributed by atoms with Crippen LogP contribution in [0.2, 0.25) is 0 Å². The molecule has 2 N–H and O–H groups in total. The summed E-state index contributed by atoms with van der Waals surface area (Å²) in [6.07, 6.45) is 4.23. The average Bonchev–Trinajstić information content (AvgIpc) is 2.48. The highest BCUT2D eigenvalue weighted by Gasteiger charge is 2.34. The van der Waals surface area contributed by atoms with Gasteiger partial charge in [0.05, 0.1) is 7.11 Å². The zero-order valence-electron chi connectivity index (χ0n) is 11.8. The molecule has 5 heteroatoms. The maximum Gasteiger partial charge on any atom is 0.286 e. The second kappa shape index (κ2) is 6.52. The van der Waals surface area contributed by atoms with Crippen LogP contribution < -0.4 is 10.6 Å². The van der Waals surface area contributed by atoms with Gasteiger partial charge in [-0.3, -0.25) is 9.78 Å². The Morgan fingerprint density at radius 3 is 2.85 bits per heavy atom. The molecule has 0 saturated carbocycles. The molecule has 1 saturated heterocycles. The van der Waals surface area contributed by atoms with E-state index in [1.165, 1.54) is 7.11 Å². The minimum Gasteiger partial charge on any atom is -0.492 e. The Balaban J connectivity index is 2.13. The molecule has 2 rings (SSSR count). The number of ether oxygens (including phenoxy) is 1. The lowest BCUT2D eigenvalue weighted by molar-refractivity contribution is -0.122. The highest BCUT2D eigenvalue weighted by molar-refractivity contribution is 5.91. The predicted octanol–water partition coefficient (Wildman–Crippen LogP) is 1.02. The molecule has 1 aliphatic heterocycles. The Morgan fingerprint density at radius 2 is 2.25 bits per heavy atom. The summed E-state index contributed by atoms with van der Waals surface area (Å²) in [7, 11) is 1.45. The van der Waals surface area contributed by atoms with Gasteiger partial charge in [-0.15, -0.1) is 0 Å². The first-order valence-corrected chi connectivity index (χ1v) is 6.81. The van der Waals surface area contributed by atoms with Crippen molar-refractivity contribution in [2.75, 3.05) is 20.2 Å². The van der Waals surface area contributed by atoms with Gasteiger partial charge in [0.15, 0.2) is 5.76 Å². The number of piperidine rings is 1. The quantitative estimate of drug-likeness (QED) is 0.622. The largest absolute Gasteiger partial charge is 0.492 e. The van der Waals surface area contributed by atoms with Crippen LogP contribution in [0.4, 0.5) is 0 Å². The van der Waals surface area contributed by atoms with Crippen molar-refractivity contribution in [3.63, 3.8) is 0 Å². The Hall–Kier alpha value is -1.88. The molecule has 20 heavy (non-hydrogen) atoms. The lowest BCUT2D eigenvalue weighted by Gasteiger charge is -2.38. The summed E-state index contributed by atoms with van der Waals surface area (Å²) < 4.78 is 4.91. The van der Waals surface area contributed by atoms with Crippen LogP contribution in [-0.4, -0.2) is 36.6 Å². The van der Waals surface area contributed by atoms with Gasteiger partial charge in [0, 0.05) is 23.9 Å². The number of rotatable bonds is 5. The van der Waals surface area contributed by atoms with Crippen LogP contribution in [0.25, 0.3) is 0 Å². The van der Waals surface area contributed by atoms with Crippen LogP contribution in [0.5, 0.6) is 0 Å². The van der Waals surface area contributed by atoms with Crippen LogP contribution in [0, 0.1) is 0 Å². The third-order valence-electron chi connectivity index (χ3n) is 3.68. The van der Waals surface area contributed by atoms with Gasteiger partial charge in [0.25, 0.3) is 5.91 Å². The number of aromatic nitrogens is 1. The van der Waals surface area contributed by atoms with Crippen molar-refractivity contribution in [2.24, 2.45) is 0 Å². The molecule has 2 heterocycles. The van der Waals surface area contributed by atoms with Crippen LogP contribution in [0.15, 0.2) is 36.7 Å². The average molecular weight is 275 g/mol. The molecule has 0 bridgehead atoms. The molecular weight excluding hydrogens is 254 g/mol. The first kappa shape index (κ1) is 14.5. The molecule has 0 radical (unpaired) electrons. The van der Waals surface area contributed by atoms with Gasteiger partial charge in [-0.05, 0) is 38.1 Å². The van der Waals surface area contributed by atoms with Crippen molar-refractivity contribution in [1.82, 2.24) is 15.6 Å². The summed E-state index contributed by atoms with van der Waals surface area (Å²) in [5, 5.41) is 6.40. The summed E-state index contributed by atoms with van der Waals surface area (Å²) in [6.45, 7) is 5.37. The van der Waals surface area contributed by atoms with E-state index in [-0.39, 0.29) is 17.2 Å². The van der Waals surface area contributed by atoms with E-state index in [9.17, 15) is 4.79 Å². The van der Waals surface area contributed by atoms with Crippen LogP contribution in [0.1, 0.15) is 18.5 Å². The van der Waals surface area contributed by atoms with Crippen molar-refractivity contribution < 1.29 is 9.53 Å². The van der Waals surface area contributed by atoms with E-state index in [1.54, 1.807) is 6.20 Å². The van der Waals surface area contributed by atoms with Gasteiger partial charge in [-0.1, -0.05) is 12.6 Å². The molecule has 0 unspecified atom stereocenters. The van der Waals surface area contributed by atoms with Crippen molar-refractivity contribution in [2.45, 2.75) is 24.8 Å². The van der Waals surface area contributed by atoms with Crippen LogP contribution in [0.3, 0.4) is 0 Å². The molecule has 1 aromatic rings. The summed E-state index contributed by atoms with van der Waals surface area (Å²) in [4.78, 5) is 16.4. The molecule has 0 aromatic carbocycles. The molecule has 0 atom stereocenters. The van der Waals surface area contributed by atoms with E-state index >= 15 is 0 Å². The number of amides is 1. The van der Waals surface area contributed by atoms with E-state index in [1.807, 2.05) is 18.2 Å². The van der Waals surface area contributed by atoms with E-state index in [0.717, 1.165) is 38.0 Å². The summed E-state index contributed by atoms with van der Waals surface area (Å²) in [5.74, 6) is -0.103. The predicted molar refractivity (Wildman–Crippen MR) is 77.1 cm³/mol. The summed E-state index contributed by atoms with van der Waals surface area (Å²) >= 11 is 0. The molecule has 1 amide bonds. The third kappa shape index (κ3) is 3.57. The van der Waals surface area contributed by atoms with E-state index < -0.39 is 0 Å². The number of nitrogens with one attached hydrogen (secondary N) is 2. The fraction of sp³-hybridized carbons (Fsp3) is 0.467. The minimum atomic E-state index is -0.280. The monoisotopic (exact) mass is 275 g/mol. The lowest BCUT2D eigenvalue weighted by atomic mass is 9.83. The zero-order chi connectivity index (χ0) is 14.4. The van der Waals surface area contributed by atoms with Crippen LogP contribution >= 0.6 is 0 Å². The van der Waals surface area contributed by atoms with Crippen molar-refractivity contribution in [3.05, 3.63) is 42.4 Å². The fourth-order valence-electron chi connectivity index (χ4n) is 2.50. The number of methoxy groups -OCH3 is 1. The SMILES string of the molecule is C=C(OC)C(=O)NC1(Cc2ccccn2)CCNCC1. The highest BCUT2D eigenvalue weighted by atomic mass is 16.5. The number of nitrogens with zero attached hydrogens (tertiary/aromatic N) is 1. The van der Waals surface area contributed by atoms with Crippen molar-refractivity contribution in [3.8, 4) is 0 Å². The molecule has 1 fully saturated rings. The number of hydrogen-bond acceptors (Lipinski definition) is 4. The van der Waals surface area contributed by atoms with Gasteiger partial charge in [-0.2, -0.15) is 0 Å². The molecule has 108 valence electrons. The van der Waals surface area contributed by atoms with Gasteiger partial charge in [-0.25, -0.2) is 0 Å². The first-order valence-electron chi connectivity index (χ1n) is 6.81. The summed E-state index contributed by atoms with van der Waals surface area (Å²) in [5.41, 5.74) is 0.704. The molecule has 5 nitrogen and oxygen atoms in total. The Bertz CT molecular complexity index is 467. The van der Waals surface area contributed by atoms with Gasteiger partial charge < -0.3 is 15.4 Å². The van der Waals surface area contributed by atoms with Crippen LogP contribution in [-0.2, 0) is 16.0 Å².